The van der Waals surface area contributed by atoms with E-state index in [1.54, 1.807) is 19.1 Å². The smallest absolute Gasteiger partial charge is 0.356 e. The molecule has 3 atom stereocenters. The summed E-state index contributed by atoms with van der Waals surface area (Å²) in [6.45, 7) is 1.69. The normalized spacial score (nSPS) is 17.8. The summed E-state index contributed by atoms with van der Waals surface area (Å²) in [7, 11) is 0. The molecule has 1 saturated heterocycles. The van der Waals surface area contributed by atoms with Gasteiger partial charge in [0, 0.05) is 6.89 Å². The van der Waals surface area contributed by atoms with Crippen molar-refractivity contribution in [3.63, 3.8) is 0 Å². The van der Waals surface area contributed by atoms with Crippen LogP contribution in [0.5, 0.6) is 0 Å². The largest absolute Gasteiger partial charge is 0.457 e. The van der Waals surface area contributed by atoms with Crippen LogP contribution in [-0.2, 0) is 19.1 Å². The molecule has 0 saturated carbocycles. The number of nitrogens with zero attached hydrogens (tertiary/aromatic N) is 2. The number of aliphatic hydroxyl groups excluding tert-OH is 1. The van der Waals surface area contributed by atoms with E-state index in [-0.39, 0.29) is 29.6 Å². The second kappa shape index (κ2) is 13.4. The zero-order valence-electron chi connectivity index (χ0n) is 26.1. The highest BCUT2D eigenvalue weighted by Crippen LogP contribution is 2.49. The van der Waals surface area contributed by atoms with E-state index >= 15 is 0 Å². The molecule has 6 rings (SSSR count). The summed E-state index contributed by atoms with van der Waals surface area (Å²) in [6.07, 6.45) is -0.156. The number of Topliss-reactive ketones (excluding diaryl/α,β-unsaturated/α-hetero) is 1. The quantitative estimate of drug-likeness (QED) is 0.0864. The first kappa shape index (κ1) is 32.6. The molecule has 48 heavy (non-hydrogen) atoms. The van der Waals surface area contributed by atoms with Crippen molar-refractivity contribution in [3.8, 4) is 0 Å². The molecule has 0 aromatic heterocycles. The molecule has 1 fully saturated rings. The van der Waals surface area contributed by atoms with Crippen molar-refractivity contribution in [1.29, 1.82) is 0 Å². The summed E-state index contributed by atoms with van der Waals surface area (Å²) in [6, 6.07) is 30.6. The maximum absolute atomic E-state index is 14.7. The summed E-state index contributed by atoms with van der Waals surface area (Å²) in [5.74, 6) is -3.96. The van der Waals surface area contributed by atoms with Crippen LogP contribution in [0, 0.1) is 0 Å². The van der Waals surface area contributed by atoms with Gasteiger partial charge in [-0.3, -0.25) is 29.0 Å². The first-order valence-corrected chi connectivity index (χ1v) is 17.3. The predicted octanol–water partition coefficient (Wildman–Crippen LogP) is 3.06. The Kier molecular flexibility index (Phi) is 9.09. The van der Waals surface area contributed by atoms with Crippen LogP contribution in [-0.4, -0.2) is 74.6 Å². The Morgan fingerprint density at radius 1 is 0.792 bits per heavy atom. The van der Waals surface area contributed by atoms with Gasteiger partial charge in [0.1, 0.15) is 30.2 Å². The third-order valence-corrected chi connectivity index (χ3v) is 12.9. The molecule has 0 bridgehead atoms. The van der Waals surface area contributed by atoms with Gasteiger partial charge >= 0.3 is 5.97 Å². The third kappa shape index (κ3) is 5.12. The van der Waals surface area contributed by atoms with Crippen LogP contribution >= 0.6 is 6.89 Å². The van der Waals surface area contributed by atoms with Gasteiger partial charge < -0.3 is 9.84 Å². The van der Waals surface area contributed by atoms with Gasteiger partial charge in [0.25, 0.3) is 17.7 Å². The minimum Gasteiger partial charge on any atom is -0.457 e. The van der Waals surface area contributed by atoms with Crippen LogP contribution in [0.15, 0.2) is 128 Å². The predicted molar refractivity (Wildman–Crippen MR) is 184 cm³/mol. The molecule has 4 aromatic carbocycles. The van der Waals surface area contributed by atoms with Gasteiger partial charge in [-0.05, 0) is 34.5 Å². The summed E-state index contributed by atoms with van der Waals surface area (Å²) in [4.78, 5) is 72.7. The van der Waals surface area contributed by atoms with Crippen molar-refractivity contribution in [2.24, 2.45) is 0 Å². The van der Waals surface area contributed by atoms with Crippen LogP contribution in [0.2, 0.25) is 0 Å². The Bertz CT molecular complexity index is 1840. The number of fused-ring (bicyclic) bond motifs is 1. The standard InChI is InChI=1S/C38H33N2O7P/c1-3-24-47-38(46)37(48(25-16-8-5-9-17-25,26-18-10-6-11-19-26)27-20-12-7-13-21-27)40-31(33(42)30(41)4-2)32(36(40)45)39-34(43)28-22-14-15-23-29(28)35(39)44/h3,5-23,30-32,41H,1,4,24H2,2H3/t30?,31-,32+/m1/s1. The number of rotatable bonds is 11. The average Bonchev–Trinajstić information content (AvgIpc) is 3.38. The average molecular weight is 661 g/mol. The molecule has 1 unspecified atom stereocenters. The number of carbonyl (C=O) groups excluding carboxylic acids is 5. The van der Waals surface area contributed by atoms with Crippen LogP contribution in [0.1, 0.15) is 34.1 Å². The number of benzene rings is 4. The number of hydrogen-bond donors (Lipinski definition) is 1. The number of ketones is 1. The fraction of sp³-hybridized carbons (Fsp3) is 0.158. The molecule has 10 heteroatoms. The van der Waals surface area contributed by atoms with E-state index in [1.165, 1.54) is 18.2 Å². The van der Waals surface area contributed by atoms with Crippen LogP contribution < -0.4 is 15.9 Å². The molecule has 242 valence electrons. The lowest BCUT2D eigenvalue weighted by Gasteiger charge is -2.51. The number of amides is 3. The van der Waals surface area contributed by atoms with Gasteiger partial charge in [0.2, 0.25) is 0 Å². The molecule has 1 N–H and O–H groups in total. The maximum atomic E-state index is 14.7. The molecule has 0 radical (unpaired) electrons. The fourth-order valence-corrected chi connectivity index (χ4v) is 10.8. The van der Waals surface area contributed by atoms with Gasteiger partial charge in [-0.25, -0.2) is 4.79 Å². The number of hydrogen-bond acceptors (Lipinski definition) is 7. The topological polar surface area (TPSA) is 121 Å². The van der Waals surface area contributed by atoms with Crippen LogP contribution in [0.25, 0.3) is 0 Å². The van der Waals surface area contributed by atoms with Crippen molar-refractivity contribution in [1.82, 2.24) is 9.80 Å². The lowest BCUT2D eigenvalue weighted by atomic mass is 9.86. The number of ether oxygens (including phenoxy) is 1. The van der Waals surface area contributed by atoms with E-state index in [9.17, 15) is 29.1 Å². The van der Waals surface area contributed by atoms with E-state index in [0.29, 0.717) is 15.9 Å². The highest BCUT2D eigenvalue weighted by molar-refractivity contribution is 7.96. The third-order valence-electron chi connectivity index (χ3n) is 8.67. The monoisotopic (exact) mass is 660 g/mol. The molecule has 2 heterocycles. The maximum Gasteiger partial charge on any atom is 0.356 e. The number of esters is 1. The highest BCUT2D eigenvalue weighted by Gasteiger charge is 2.62. The number of β-lactam (4-membered cyclic amide) rings is 1. The van der Waals surface area contributed by atoms with E-state index in [2.05, 4.69) is 6.58 Å². The van der Waals surface area contributed by atoms with Gasteiger partial charge in [-0.15, -0.1) is 0 Å². The van der Waals surface area contributed by atoms with Crippen molar-refractivity contribution in [2.75, 3.05) is 6.61 Å². The summed E-state index contributed by atoms with van der Waals surface area (Å²) in [5.41, 5.74) is 0.0861. The second-order valence-corrected chi connectivity index (χ2v) is 14.7. The van der Waals surface area contributed by atoms with Crippen LogP contribution in [0.3, 0.4) is 0 Å². The molecule has 4 aromatic rings. The molecule has 3 amide bonds. The Balaban J connectivity index is 1.70. The van der Waals surface area contributed by atoms with E-state index in [1.807, 2.05) is 91.0 Å². The van der Waals surface area contributed by atoms with Gasteiger partial charge in [0.05, 0.1) is 11.1 Å². The highest BCUT2D eigenvalue weighted by atomic mass is 31.2. The first-order chi connectivity index (χ1) is 23.3. The molecular formula is C38H33N2O7P. The summed E-state index contributed by atoms with van der Waals surface area (Å²) >= 11 is 0. The Labute approximate surface area is 278 Å². The fourth-order valence-electron chi connectivity index (χ4n) is 6.47. The molecule has 0 spiro atoms. The Morgan fingerprint density at radius 3 is 1.65 bits per heavy atom. The zero-order chi connectivity index (χ0) is 34.0. The van der Waals surface area contributed by atoms with Gasteiger partial charge in [-0.1, -0.05) is 123 Å². The zero-order valence-corrected chi connectivity index (χ0v) is 27.0. The van der Waals surface area contributed by atoms with E-state index < -0.39 is 54.5 Å². The lowest BCUT2D eigenvalue weighted by molar-refractivity contribution is -0.158. The Morgan fingerprint density at radius 2 is 1.23 bits per heavy atom. The van der Waals surface area contributed by atoms with Crippen molar-refractivity contribution >= 4 is 57.7 Å². The van der Waals surface area contributed by atoms with Crippen molar-refractivity contribution in [3.05, 3.63) is 139 Å². The van der Waals surface area contributed by atoms with Gasteiger partial charge in [-0.2, -0.15) is 0 Å². The lowest BCUT2D eigenvalue weighted by Crippen LogP contribution is -2.77. The molecular weight excluding hydrogens is 627 g/mol. The molecule has 9 nitrogen and oxygen atoms in total. The van der Waals surface area contributed by atoms with Gasteiger partial charge in [0.15, 0.2) is 5.78 Å². The van der Waals surface area contributed by atoms with Crippen LogP contribution in [0.4, 0.5) is 0 Å². The van der Waals surface area contributed by atoms with Crippen molar-refractivity contribution in [2.45, 2.75) is 31.5 Å². The number of carbonyl (C=O) groups is 5. The Hall–Kier alpha value is -5.37. The first-order valence-electron chi connectivity index (χ1n) is 15.5. The molecule has 2 aliphatic rings. The number of imide groups is 1. The second-order valence-electron chi connectivity index (χ2n) is 11.3. The molecule has 2 aliphatic heterocycles. The minimum absolute atomic E-state index is 0.00120. The van der Waals surface area contributed by atoms with E-state index in [4.69, 9.17) is 4.74 Å². The summed E-state index contributed by atoms with van der Waals surface area (Å²) in [5, 5.41) is 13.0. The molecule has 0 aliphatic carbocycles. The van der Waals surface area contributed by atoms with Crippen molar-refractivity contribution < 1.29 is 33.8 Å². The number of likely N-dealkylation sites (tertiary alicyclic amines) is 1. The summed E-state index contributed by atoms with van der Waals surface area (Å²) < 4.78 is 5.72. The SMILES string of the molecule is C=CCOC(=O)C(N1C(=O)[C@@H](N2C(=O)c3ccccc3C2=O)[C@@H]1C(=O)C(O)CC)=P(c1ccccc1)(c1ccccc1)c1ccccc1. The number of aliphatic hydroxyl groups is 1. The minimum atomic E-state index is -3.39. The van der Waals surface area contributed by atoms with E-state index in [0.717, 1.165) is 9.80 Å².